The van der Waals surface area contributed by atoms with Crippen LogP contribution in [0.2, 0.25) is 0 Å². The second-order valence-electron chi connectivity index (χ2n) is 6.64. The molecule has 2 atom stereocenters. The van der Waals surface area contributed by atoms with Crippen LogP contribution in [0.4, 0.5) is 0 Å². The minimum absolute atomic E-state index is 0.0261. The molecule has 5 heteroatoms. The monoisotopic (exact) mass is 330 g/mol. The minimum Gasteiger partial charge on any atom is -0.380 e. The van der Waals surface area contributed by atoms with Crippen LogP contribution in [0.15, 0.2) is 30.3 Å². The number of hydrogen-bond donors (Lipinski definition) is 0. The van der Waals surface area contributed by atoms with Crippen LogP contribution in [0.5, 0.6) is 0 Å². The Bertz CT molecular complexity index is 575. The highest BCUT2D eigenvalue weighted by Gasteiger charge is 2.36. The number of amides is 2. The average molecular weight is 330 g/mol. The van der Waals surface area contributed by atoms with E-state index in [1.54, 1.807) is 12.0 Å². The summed E-state index contributed by atoms with van der Waals surface area (Å²) in [6, 6.07) is 9.18. The van der Waals surface area contributed by atoms with E-state index < -0.39 is 6.04 Å². The maximum Gasteiger partial charge on any atom is 0.250 e. The molecule has 0 saturated carbocycles. The number of rotatable bonds is 4. The largest absolute Gasteiger partial charge is 0.380 e. The van der Waals surface area contributed by atoms with E-state index in [1.807, 2.05) is 35.2 Å². The van der Waals surface area contributed by atoms with E-state index in [4.69, 9.17) is 4.74 Å². The Balaban J connectivity index is 1.86. The zero-order valence-electron chi connectivity index (χ0n) is 14.3. The Morgan fingerprint density at radius 2 is 1.96 bits per heavy atom. The van der Waals surface area contributed by atoms with E-state index in [1.165, 1.54) is 0 Å². The summed E-state index contributed by atoms with van der Waals surface area (Å²) in [5.74, 6) is 0.113. The lowest BCUT2D eigenvalue weighted by Gasteiger charge is -2.39. The van der Waals surface area contributed by atoms with E-state index in [-0.39, 0.29) is 17.9 Å². The Kier molecular flexibility index (Phi) is 5.51. The molecular weight excluding hydrogens is 304 g/mol. The summed E-state index contributed by atoms with van der Waals surface area (Å²) in [5.41, 5.74) is 0.900. The maximum absolute atomic E-state index is 13.3. The van der Waals surface area contributed by atoms with Crippen molar-refractivity contribution in [2.24, 2.45) is 0 Å². The lowest BCUT2D eigenvalue weighted by Crippen LogP contribution is -2.50. The number of carbonyl (C=O) groups excluding carboxylic acids is 2. The van der Waals surface area contributed by atoms with Crippen LogP contribution in [0, 0.1) is 0 Å². The van der Waals surface area contributed by atoms with Gasteiger partial charge in [0.15, 0.2) is 0 Å². The molecule has 1 aromatic carbocycles. The normalized spacial score (nSPS) is 23.2. The van der Waals surface area contributed by atoms with Crippen molar-refractivity contribution < 1.29 is 14.3 Å². The van der Waals surface area contributed by atoms with Gasteiger partial charge in [-0.25, -0.2) is 0 Å². The number of carbonyl (C=O) groups is 2. The highest BCUT2D eigenvalue weighted by Crippen LogP contribution is 2.28. The van der Waals surface area contributed by atoms with Gasteiger partial charge in [-0.15, -0.1) is 0 Å². The smallest absolute Gasteiger partial charge is 0.250 e. The summed E-state index contributed by atoms with van der Waals surface area (Å²) < 4.78 is 5.45. The first kappa shape index (κ1) is 17.0. The Hall–Kier alpha value is -1.88. The van der Waals surface area contributed by atoms with Gasteiger partial charge in [0, 0.05) is 33.2 Å². The summed E-state index contributed by atoms with van der Waals surface area (Å²) in [5, 5.41) is 0. The lowest BCUT2D eigenvalue weighted by atomic mass is 9.98. The number of methoxy groups -OCH3 is 1. The molecule has 3 rings (SSSR count). The summed E-state index contributed by atoms with van der Waals surface area (Å²) in [6.07, 6.45) is 4.44. The number of hydrogen-bond acceptors (Lipinski definition) is 3. The van der Waals surface area contributed by atoms with Gasteiger partial charge in [-0.3, -0.25) is 9.59 Å². The molecule has 2 amide bonds. The van der Waals surface area contributed by atoms with Gasteiger partial charge >= 0.3 is 0 Å². The predicted molar refractivity (Wildman–Crippen MR) is 91.4 cm³/mol. The third-order valence-electron chi connectivity index (χ3n) is 5.04. The molecule has 2 heterocycles. The number of nitrogens with zero attached hydrogens (tertiary/aromatic N) is 2. The first-order chi connectivity index (χ1) is 11.7. The summed E-state index contributed by atoms with van der Waals surface area (Å²) in [6.45, 7) is 2.01. The fraction of sp³-hybridized carbons (Fsp3) is 0.579. The van der Waals surface area contributed by atoms with E-state index in [2.05, 4.69) is 0 Å². The summed E-state index contributed by atoms with van der Waals surface area (Å²) in [7, 11) is 1.70. The van der Waals surface area contributed by atoms with Gasteiger partial charge in [0.05, 0.1) is 6.10 Å². The van der Waals surface area contributed by atoms with Crippen LogP contribution < -0.4 is 0 Å². The molecule has 2 fully saturated rings. The summed E-state index contributed by atoms with van der Waals surface area (Å²) >= 11 is 0. The van der Waals surface area contributed by atoms with E-state index >= 15 is 0 Å². The molecule has 5 nitrogen and oxygen atoms in total. The molecule has 0 radical (unpaired) electrons. The van der Waals surface area contributed by atoms with Gasteiger partial charge < -0.3 is 14.5 Å². The third kappa shape index (κ3) is 3.61. The lowest BCUT2D eigenvalue weighted by molar-refractivity contribution is -0.149. The Morgan fingerprint density at radius 1 is 1.17 bits per heavy atom. The van der Waals surface area contributed by atoms with Crippen molar-refractivity contribution in [3.63, 3.8) is 0 Å². The second kappa shape index (κ2) is 7.79. The van der Waals surface area contributed by atoms with E-state index in [9.17, 15) is 9.59 Å². The fourth-order valence-corrected chi connectivity index (χ4v) is 3.69. The van der Waals surface area contributed by atoms with Gasteiger partial charge in [0.25, 0.3) is 0 Å². The van der Waals surface area contributed by atoms with Crippen LogP contribution in [-0.4, -0.2) is 54.5 Å². The van der Waals surface area contributed by atoms with Crippen LogP contribution in [0.3, 0.4) is 0 Å². The standard InChI is InChI=1S/C19H26N2O3/c1-24-16-10-7-12-20(14-16)19(23)18(15-8-3-2-4-9-15)21-13-6-5-11-17(21)22/h2-4,8-9,16,18H,5-7,10-14H2,1H3. The van der Waals surface area contributed by atoms with Gasteiger partial charge in [-0.2, -0.15) is 0 Å². The van der Waals surface area contributed by atoms with Gasteiger partial charge in [0.2, 0.25) is 11.8 Å². The highest BCUT2D eigenvalue weighted by atomic mass is 16.5. The van der Waals surface area contributed by atoms with Crippen molar-refractivity contribution in [3.8, 4) is 0 Å². The molecule has 0 aliphatic carbocycles. The molecule has 0 aromatic heterocycles. The van der Waals surface area contributed by atoms with Gasteiger partial charge in [-0.1, -0.05) is 30.3 Å². The van der Waals surface area contributed by atoms with E-state index in [0.717, 1.165) is 37.8 Å². The molecule has 2 unspecified atom stereocenters. The third-order valence-corrected chi connectivity index (χ3v) is 5.04. The molecule has 24 heavy (non-hydrogen) atoms. The van der Waals surface area contributed by atoms with Crippen molar-refractivity contribution in [3.05, 3.63) is 35.9 Å². The number of likely N-dealkylation sites (tertiary alicyclic amines) is 2. The van der Waals surface area contributed by atoms with Crippen molar-refractivity contribution in [2.75, 3.05) is 26.7 Å². The second-order valence-corrected chi connectivity index (χ2v) is 6.64. The zero-order valence-corrected chi connectivity index (χ0v) is 14.3. The number of piperidine rings is 2. The number of benzene rings is 1. The molecule has 130 valence electrons. The fourth-order valence-electron chi connectivity index (χ4n) is 3.69. The summed E-state index contributed by atoms with van der Waals surface area (Å²) in [4.78, 5) is 29.4. The maximum atomic E-state index is 13.3. The van der Waals surface area contributed by atoms with Crippen LogP contribution in [-0.2, 0) is 14.3 Å². The Morgan fingerprint density at radius 3 is 2.67 bits per heavy atom. The topological polar surface area (TPSA) is 49.9 Å². The predicted octanol–water partition coefficient (Wildman–Crippen LogP) is 2.38. The molecular formula is C19H26N2O3. The van der Waals surface area contributed by atoms with Crippen LogP contribution in [0.1, 0.15) is 43.7 Å². The highest BCUT2D eigenvalue weighted by molar-refractivity contribution is 5.89. The Labute approximate surface area is 143 Å². The zero-order chi connectivity index (χ0) is 16.9. The SMILES string of the molecule is COC1CCCN(C(=O)C(c2ccccc2)N2CCCCC2=O)C1. The van der Waals surface area contributed by atoms with Crippen molar-refractivity contribution in [2.45, 2.75) is 44.2 Å². The van der Waals surface area contributed by atoms with E-state index in [0.29, 0.717) is 19.5 Å². The molecule has 2 saturated heterocycles. The molecule has 0 spiro atoms. The van der Waals surface area contributed by atoms with Gasteiger partial charge in [-0.05, 0) is 31.2 Å². The first-order valence-electron chi connectivity index (χ1n) is 8.86. The first-order valence-corrected chi connectivity index (χ1v) is 8.86. The molecule has 2 aliphatic heterocycles. The van der Waals surface area contributed by atoms with Crippen molar-refractivity contribution >= 4 is 11.8 Å². The molecule has 0 N–H and O–H groups in total. The molecule has 0 bridgehead atoms. The molecule has 2 aliphatic rings. The van der Waals surface area contributed by atoms with Crippen LogP contribution >= 0.6 is 0 Å². The van der Waals surface area contributed by atoms with Crippen LogP contribution in [0.25, 0.3) is 0 Å². The molecule has 1 aromatic rings. The quantitative estimate of drug-likeness (QED) is 0.852. The van der Waals surface area contributed by atoms with Gasteiger partial charge in [0.1, 0.15) is 6.04 Å². The van der Waals surface area contributed by atoms with Crippen molar-refractivity contribution in [1.82, 2.24) is 9.80 Å². The number of ether oxygens (including phenoxy) is 1. The van der Waals surface area contributed by atoms with Crippen molar-refractivity contribution in [1.29, 1.82) is 0 Å². The average Bonchev–Trinajstić information content (AvgIpc) is 2.64. The minimum atomic E-state index is -0.505.